The van der Waals surface area contributed by atoms with Gasteiger partial charge in [0.25, 0.3) is 0 Å². The summed E-state index contributed by atoms with van der Waals surface area (Å²) in [4.78, 5) is 24.2. The highest BCUT2D eigenvalue weighted by Crippen LogP contribution is 2.37. The third-order valence-corrected chi connectivity index (χ3v) is 5.89. The molecular weight excluding hydrogens is 522 g/mol. The van der Waals surface area contributed by atoms with E-state index >= 15 is 0 Å². The van der Waals surface area contributed by atoms with Crippen LogP contribution in [0.4, 0.5) is 5.69 Å². The van der Waals surface area contributed by atoms with Crippen LogP contribution in [-0.2, 0) is 16.2 Å². The summed E-state index contributed by atoms with van der Waals surface area (Å²) in [6.45, 7) is 4.15. The van der Waals surface area contributed by atoms with E-state index in [1.165, 1.54) is 13.3 Å². The molecule has 3 rings (SSSR count). The number of nitrogens with one attached hydrogen (secondary N) is 2. The van der Waals surface area contributed by atoms with Crippen LogP contribution >= 0.6 is 27.5 Å². The second kappa shape index (κ2) is 11.7. The number of carbonyl (C=O) groups excluding carboxylic acids is 2. The van der Waals surface area contributed by atoms with Crippen molar-refractivity contribution in [2.75, 3.05) is 12.4 Å². The number of nitrogens with zero attached hydrogens (tertiary/aromatic N) is 1. The summed E-state index contributed by atoms with van der Waals surface area (Å²) < 4.78 is 12.0. The van der Waals surface area contributed by atoms with Crippen LogP contribution in [0.3, 0.4) is 0 Å². The van der Waals surface area contributed by atoms with Gasteiger partial charge in [0.1, 0.15) is 6.61 Å². The Kier molecular flexibility index (Phi) is 8.67. The topological polar surface area (TPSA) is 89.0 Å². The first-order chi connectivity index (χ1) is 16.3. The smallest absolute Gasteiger partial charge is 0.329 e. The summed E-state index contributed by atoms with van der Waals surface area (Å²) >= 11 is 9.66. The Labute approximate surface area is 211 Å². The minimum Gasteiger partial charge on any atom is -0.493 e. The molecule has 176 valence electrons. The van der Waals surface area contributed by atoms with E-state index in [0.29, 0.717) is 32.2 Å². The monoisotopic (exact) mass is 543 g/mol. The largest absolute Gasteiger partial charge is 0.493 e. The highest BCUT2D eigenvalue weighted by molar-refractivity contribution is 9.10. The SMILES string of the molecule is COc1cc(/C=N/NC(=O)C(=O)Nc2ccc(C)c(C)c2)cc(Br)c1OCc1ccccc1Cl. The van der Waals surface area contributed by atoms with Gasteiger partial charge in [-0.3, -0.25) is 9.59 Å². The van der Waals surface area contributed by atoms with Gasteiger partial charge >= 0.3 is 11.8 Å². The lowest BCUT2D eigenvalue weighted by molar-refractivity contribution is -0.136. The highest BCUT2D eigenvalue weighted by Gasteiger charge is 2.14. The Hall–Kier alpha value is -3.36. The van der Waals surface area contributed by atoms with Crippen LogP contribution in [0.2, 0.25) is 5.02 Å². The number of hydrogen-bond acceptors (Lipinski definition) is 5. The Balaban J connectivity index is 1.63. The molecule has 3 aromatic carbocycles. The van der Waals surface area contributed by atoms with Gasteiger partial charge < -0.3 is 14.8 Å². The minimum atomic E-state index is -0.889. The van der Waals surface area contributed by atoms with Crippen LogP contribution in [-0.4, -0.2) is 25.1 Å². The van der Waals surface area contributed by atoms with Gasteiger partial charge in [-0.1, -0.05) is 35.9 Å². The molecule has 0 unspecified atom stereocenters. The van der Waals surface area contributed by atoms with Crippen LogP contribution in [0.15, 0.2) is 64.2 Å². The first kappa shape index (κ1) is 25.3. The second-order valence-corrected chi connectivity index (χ2v) is 8.63. The lowest BCUT2D eigenvalue weighted by atomic mass is 10.1. The molecule has 2 N–H and O–H groups in total. The zero-order valence-corrected chi connectivity index (χ0v) is 21.2. The first-order valence-corrected chi connectivity index (χ1v) is 11.4. The third kappa shape index (κ3) is 6.59. The van der Waals surface area contributed by atoms with Gasteiger partial charge in [0, 0.05) is 16.3 Å². The van der Waals surface area contributed by atoms with E-state index in [2.05, 4.69) is 31.8 Å². The van der Waals surface area contributed by atoms with Crippen molar-refractivity contribution in [3.63, 3.8) is 0 Å². The molecular formula is C25H23BrClN3O4. The van der Waals surface area contributed by atoms with Gasteiger partial charge in [-0.2, -0.15) is 5.10 Å². The zero-order chi connectivity index (χ0) is 24.7. The van der Waals surface area contributed by atoms with E-state index in [1.54, 1.807) is 30.3 Å². The van der Waals surface area contributed by atoms with Crippen molar-refractivity contribution in [3.8, 4) is 11.5 Å². The van der Waals surface area contributed by atoms with Crippen LogP contribution in [0.5, 0.6) is 11.5 Å². The molecule has 0 aliphatic carbocycles. The molecule has 3 aromatic rings. The maximum Gasteiger partial charge on any atom is 0.329 e. The molecule has 7 nitrogen and oxygen atoms in total. The molecule has 0 bridgehead atoms. The summed E-state index contributed by atoms with van der Waals surface area (Å²) in [5.74, 6) is -0.749. The van der Waals surface area contributed by atoms with Crippen LogP contribution in [0, 0.1) is 13.8 Å². The fraction of sp³-hybridized carbons (Fsp3) is 0.160. The lowest BCUT2D eigenvalue weighted by Gasteiger charge is -2.14. The number of amides is 2. The molecule has 0 aliphatic heterocycles. The summed E-state index contributed by atoms with van der Waals surface area (Å²) in [6.07, 6.45) is 1.40. The third-order valence-electron chi connectivity index (χ3n) is 4.93. The van der Waals surface area contributed by atoms with Crippen molar-refractivity contribution in [2.24, 2.45) is 5.10 Å². The van der Waals surface area contributed by atoms with Crippen molar-refractivity contribution < 1.29 is 19.1 Å². The van der Waals surface area contributed by atoms with Crippen molar-refractivity contribution in [1.29, 1.82) is 0 Å². The molecule has 0 fully saturated rings. The fourth-order valence-corrected chi connectivity index (χ4v) is 3.71. The number of benzene rings is 3. The first-order valence-electron chi connectivity index (χ1n) is 10.2. The number of carbonyl (C=O) groups is 2. The van der Waals surface area contributed by atoms with Gasteiger partial charge in [0.15, 0.2) is 11.5 Å². The number of hydrogen-bond donors (Lipinski definition) is 2. The lowest BCUT2D eigenvalue weighted by Crippen LogP contribution is -2.32. The van der Waals surface area contributed by atoms with E-state index < -0.39 is 11.8 Å². The highest BCUT2D eigenvalue weighted by atomic mass is 79.9. The van der Waals surface area contributed by atoms with Gasteiger partial charge in [-0.15, -0.1) is 0 Å². The van der Waals surface area contributed by atoms with Crippen LogP contribution < -0.4 is 20.2 Å². The fourth-order valence-electron chi connectivity index (χ4n) is 2.94. The Morgan fingerprint density at radius 1 is 1.06 bits per heavy atom. The molecule has 0 aromatic heterocycles. The van der Waals surface area contributed by atoms with Crippen molar-refractivity contribution in [3.05, 3.63) is 86.3 Å². The molecule has 34 heavy (non-hydrogen) atoms. The minimum absolute atomic E-state index is 0.258. The molecule has 0 spiro atoms. The van der Waals surface area contributed by atoms with E-state index in [1.807, 2.05) is 38.1 Å². The average Bonchev–Trinajstić information content (AvgIpc) is 2.81. The van der Waals surface area contributed by atoms with E-state index in [-0.39, 0.29) is 6.61 Å². The van der Waals surface area contributed by atoms with E-state index in [9.17, 15) is 9.59 Å². The van der Waals surface area contributed by atoms with Gasteiger partial charge in [0.2, 0.25) is 0 Å². The normalized spacial score (nSPS) is 10.7. The van der Waals surface area contributed by atoms with Crippen molar-refractivity contribution >= 4 is 51.2 Å². The Bertz CT molecular complexity index is 1250. The van der Waals surface area contributed by atoms with Gasteiger partial charge in [-0.05, 0) is 76.8 Å². The van der Waals surface area contributed by atoms with Gasteiger partial charge in [-0.25, -0.2) is 5.43 Å². The number of aryl methyl sites for hydroxylation is 2. The average molecular weight is 545 g/mol. The molecule has 0 saturated carbocycles. The Morgan fingerprint density at radius 2 is 1.82 bits per heavy atom. The molecule has 0 heterocycles. The molecule has 0 atom stereocenters. The number of anilines is 1. The molecule has 0 radical (unpaired) electrons. The molecule has 9 heteroatoms. The predicted molar refractivity (Wildman–Crippen MR) is 137 cm³/mol. The number of halogens is 2. The number of methoxy groups -OCH3 is 1. The summed E-state index contributed by atoms with van der Waals surface area (Å²) in [5.41, 5.74) is 6.31. The number of ether oxygens (including phenoxy) is 2. The molecule has 0 saturated heterocycles. The Morgan fingerprint density at radius 3 is 2.53 bits per heavy atom. The standard InChI is InChI=1S/C25H23BrClN3O4/c1-15-8-9-19(10-16(15)2)29-24(31)25(32)30-28-13-17-11-20(26)23(22(12-17)33-3)34-14-18-6-4-5-7-21(18)27/h4-13H,14H2,1-3H3,(H,29,31)(H,30,32)/b28-13+. The van der Waals surface area contributed by atoms with Crippen molar-refractivity contribution in [2.45, 2.75) is 20.5 Å². The quantitative estimate of drug-likeness (QED) is 0.237. The van der Waals surface area contributed by atoms with Crippen molar-refractivity contribution in [1.82, 2.24) is 5.43 Å². The summed E-state index contributed by atoms with van der Waals surface area (Å²) in [6, 6.07) is 16.2. The maximum atomic E-state index is 12.1. The predicted octanol–water partition coefficient (Wildman–Crippen LogP) is 5.40. The van der Waals surface area contributed by atoms with Crippen LogP contribution in [0.25, 0.3) is 0 Å². The summed E-state index contributed by atoms with van der Waals surface area (Å²) in [7, 11) is 1.52. The van der Waals surface area contributed by atoms with E-state index in [4.69, 9.17) is 21.1 Å². The second-order valence-electron chi connectivity index (χ2n) is 7.37. The molecule has 2 amide bonds. The number of rotatable bonds is 7. The zero-order valence-electron chi connectivity index (χ0n) is 18.8. The maximum absolute atomic E-state index is 12.1. The number of hydrazone groups is 1. The van der Waals surface area contributed by atoms with Gasteiger partial charge in [0.05, 0.1) is 17.8 Å². The van der Waals surface area contributed by atoms with Crippen LogP contribution in [0.1, 0.15) is 22.3 Å². The van der Waals surface area contributed by atoms with E-state index in [0.717, 1.165) is 16.7 Å². The molecule has 0 aliphatic rings. The summed E-state index contributed by atoms with van der Waals surface area (Å²) in [5, 5.41) is 7.02.